The molecule has 0 saturated heterocycles. The van der Waals surface area contributed by atoms with E-state index in [0.717, 1.165) is 6.07 Å². The number of hydrogen-bond acceptors (Lipinski definition) is 4. The molecule has 1 amide bonds. The SMILES string of the molecule is O=C(O)c1ccc(NC(=O)c2ccc(Cl)cc2O)c(O)c1. The number of rotatable bonds is 3. The van der Waals surface area contributed by atoms with Crippen molar-refractivity contribution < 1.29 is 24.9 Å². The number of carboxylic acid groups (broad SMARTS) is 1. The standard InChI is InChI=1S/C14H10ClNO5/c15-8-2-3-9(11(17)6-8)13(19)16-10-4-1-7(14(20)21)5-12(10)18/h1-6,17-18H,(H,16,19)(H,20,21). The predicted octanol–water partition coefficient (Wildman–Crippen LogP) is 2.70. The van der Waals surface area contributed by atoms with Gasteiger partial charge in [0.2, 0.25) is 0 Å². The molecule has 0 spiro atoms. The van der Waals surface area contributed by atoms with Crippen LogP contribution in [0.3, 0.4) is 0 Å². The van der Waals surface area contributed by atoms with Gasteiger partial charge in [-0.3, -0.25) is 4.79 Å². The number of aromatic hydroxyl groups is 2. The van der Waals surface area contributed by atoms with Crippen LogP contribution in [0.1, 0.15) is 20.7 Å². The van der Waals surface area contributed by atoms with Crippen molar-refractivity contribution in [3.05, 3.63) is 52.5 Å². The van der Waals surface area contributed by atoms with Crippen LogP contribution in [0.25, 0.3) is 0 Å². The maximum Gasteiger partial charge on any atom is 0.335 e. The number of nitrogens with one attached hydrogen (secondary N) is 1. The lowest BCUT2D eigenvalue weighted by atomic mass is 10.1. The largest absolute Gasteiger partial charge is 0.507 e. The predicted molar refractivity (Wildman–Crippen MR) is 76.1 cm³/mol. The van der Waals surface area contributed by atoms with Crippen molar-refractivity contribution in [2.24, 2.45) is 0 Å². The minimum Gasteiger partial charge on any atom is -0.507 e. The average Bonchev–Trinajstić information content (AvgIpc) is 2.40. The van der Waals surface area contributed by atoms with Gasteiger partial charge in [0.1, 0.15) is 11.5 Å². The summed E-state index contributed by atoms with van der Waals surface area (Å²) in [6, 6.07) is 7.48. The van der Waals surface area contributed by atoms with Crippen molar-refractivity contribution in [1.29, 1.82) is 0 Å². The molecule has 0 aliphatic heterocycles. The number of aromatic carboxylic acids is 1. The van der Waals surface area contributed by atoms with Crippen LogP contribution in [-0.4, -0.2) is 27.2 Å². The second-order valence-electron chi connectivity index (χ2n) is 4.15. The highest BCUT2D eigenvalue weighted by molar-refractivity contribution is 6.31. The number of benzene rings is 2. The third-order valence-corrected chi connectivity index (χ3v) is 2.93. The summed E-state index contributed by atoms with van der Waals surface area (Å²) in [5.74, 6) is -2.56. The summed E-state index contributed by atoms with van der Waals surface area (Å²) >= 11 is 5.67. The first-order valence-corrected chi connectivity index (χ1v) is 6.12. The summed E-state index contributed by atoms with van der Waals surface area (Å²) in [6.45, 7) is 0. The Morgan fingerprint density at radius 2 is 1.71 bits per heavy atom. The Morgan fingerprint density at radius 1 is 1.00 bits per heavy atom. The van der Waals surface area contributed by atoms with E-state index in [1.807, 2.05) is 0 Å². The van der Waals surface area contributed by atoms with Gasteiger partial charge >= 0.3 is 5.97 Å². The Morgan fingerprint density at radius 3 is 2.29 bits per heavy atom. The summed E-state index contributed by atoms with van der Waals surface area (Å²) in [5.41, 5.74) is -0.111. The minimum absolute atomic E-state index is 0.0267. The van der Waals surface area contributed by atoms with Crippen LogP contribution >= 0.6 is 11.6 Å². The van der Waals surface area contributed by atoms with Crippen molar-refractivity contribution >= 4 is 29.2 Å². The zero-order chi connectivity index (χ0) is 15.6. The Hall–Kier alpha value is -2.73. The van der Waals surface area contributed by atoms with Gasteiger partial charge in [-0.1, -0.05) is 11.6 Å². The fourth-order valence-electron chi connectivity index (χ4n) is 1.66. The lowest BCUT2D eigenvalue weighted by Gasteiger charge is -2.09. The van der Waals surface area contributed by atoms with Gasteiger partial charge in [0, 0.05) is 5.02 Å². The van der Waals surface area contributed by atoms with E-state index in [9.17, 15) is 19.8 Å². The van der Waals surface area contributed by atoms with Crippen LogP contribution in [-0.2, 0) is 0 Å². The van der Waals surface area contributed by atoms with Gasteiger partial charge in [-0.15, -0.1) is 0 Å². The molecule has 2 aromatic carbocycles. The van der Waals surface area contributed by atoms with Gasteiger partial charge in [0.25, 0.3) is 5.91 Å². The molecule has 0 aliphatic rings. The molecule has 0 fully saturated rings. The number of carbonyl (C=O) groups is 2. The summed E-state index contributed by atoms with van der Waals surface area (Å²) in [4.78, 5) is 22.7. The summed E-state index contributed by atoms with van der Waals surface area (Å²) in [7, 11) is 0. The van der Waals surface area contributed by atoms with Crippen molar-refractivity contribution in [2.75, 3.05) is 5.32 Å². The molecule has 6 nitrogen and oxygen atoms in total. The van der Waals surface area contributed by atoms with E-state index in [-0.39, 0.29) is 27.6 Å². The first-order chi connectivity index (χ1) is 9.88. The van der Waals surface area contributed by atoms with Crippen LogP contribution in [0.5, 0.6) is 11.5 Å². The van der Waals surface area contributed by atoms with Gasteiger partial charge in [-0.05, 0) is 36.4 Å². The Balaban J connectivity index is 2.25. The molecule has 0 atom stereocenters. The van der Waals surface area contributed by atoms with E-state index in [2.05, 4.69) is 5.32 Å². The molecule has 21 heavy (non-hydrogen) atoms. The second-order valence-corrected chi connectivity index (χ2v) is 4.59. The Bertz CT molecular complexity index is 729. The minimum atomic E-state index is -1.20. The van der Waals surface area contributed by atoms with Crippen LogP contribution in [0.2, 0.25) is 5.02 Å². The number of anilines is 1. The second kappa shape index (κ2) is 5.72. The number of amides is 1. The molecule has 0 saturated carbocycles. The van der Waals surface area contributed by atoms with Gasteiger partial charge in [-0.2, -0.15) is 0 Å². The van der Waals surface area contributed by atoms with Crippen molar-refractivity contribution in [3.8, 4) is 11.5 Å². The molecule has 2 aromatic rings. The van der Waals surface area contributed by atoms with Gasteiger partial charge in [0.05, 0.1) is 16.8 Å². The number of carboxylic acids is 1. The molecule has 2 rings (SSSR count). The summed E-state index contributed by atoms with van der Waals surface area (Å²) in [5, 5.41) is 30.8. The Kier molecular flexibility index (Phi) is 4.00. The van der Waals surface area contributed by atoms with Crippen LogP contribution in [0, 0.1) is 0 Å². The molecule has 7 heteroatoms. The molecule has 0 unspecified atom stereocenters. The first kappa shape index (κ1) is 14.7. The number of carbonyl (C=O) groups excluding carboxylic acids is 1. The monoisotopic (exact) mass is 307 g/mol. The lowest BCUT2D eigenvalue weighted by Crippen LogP contribution is -2.12. The highest BCUT2D eigenvalue weighted by Gasteiger charge is 2.14. The first-order valence-electron chi connectivity index (χ1n) is 5.74. The van der Waals surface area contributed by atoms with E-state index in [0.29, 0.717) is 0 Å². The quantitative estimate of drug-likeness (QED) is 0.652. The third-order valence-electron chi connectivity index (χ3n) is 2.70. The van der Waals surface area contributed by atoms with Crippen molar-refractivity contribution in [2.45, 2.75) is 0 Å². The third kappa shape index (κ3) is 3.24. The van der Waals surface area contributed by atoms with Crippen LogP contribution in [0.4, 0.5) is 5.69 Å². The highest BCUT2D eigenvalue weighted by Crippen LogP contribution is 2.27. The van der Waals surface area contributed by atoms with Gasteiger partial charge in [-0.25, -0.2) is 4.79 Å². The smallest absolute Gasteiger partial charge is 0.335 e. The fraction of sp³-hybridized carbons (Fsp3) is 0. The van der Waals surface area contributed by atoms with E-state index in [1.165, 1.54) is 30.3 Å². The van der Waals surface area contributed by atoms with Crippen LogP contribution in [0.15, 0.2) is 36.4 Å². The number of halogens is 1. The maximum atomic E-state index is 12.0. The maximum absolute atomic E-state index is 12.0. The van der Waals surface area contributed by atoms with E-state index in [1.54, 1.807) is 0 Å². The molecule has 0 aliphatic carbocycles. The van der Waals surface area contributed by atoms with Crippen molar-refractivity contribution in [1.82, 2.24) is 0 Å². The van der Waals surface area contributed by atoms with Crippen LogP contribution < -0.4 is 5.32 Å². The normalized spacial score (nSPS) is 10.1. The zero-order valence-electron chi connectivity index (χ0n) is 10.5. The van der Waals surface area contributed by atoms with E-state index >= 15 is 0 Å². The average molecular weight is 308 g/mol. The van der Waals surface area contributed by atoms with E-state index in [4.69, 9.17) is 16.7 Å². The molecular formula is C14H10ClNO5. The van der Waals surface area contributed by atoms with E-state index < -0.39 is 17.6 Å². The van der Waals surface area contributed by atoms with Gasteiger partial charge < -0.3 is 20.6 Å². The molecule has 4 N–H and O–H groups in total. The Labute approximate surface area is 124 Å². The lowest BCUT2D eigenvalue weighted by molar-refractivity contribution is 0.0696. The molecule has 108 valence electrons. The number of phenolic OH excluding ortho intramolecular Hbond substituents is 2. The number of hydrogen-bond donors (Lipinski definition) is 4. The molecule has 0 bridgehead atoms. The summed E-state index contributed by atoms with van der Waals surface area (Å²) < 4.78 is 0. The topological polar surface area (TPSA) is 107 Å². The zero-order valence-corrected chi connectivity index (χ0v) is 11.3. The van der Waals surface area contributed by atoms with Crippen molar-refractivity contribution in [3.63, 3.8) is 0 Å². The van der Waals surface area contributed by atoms with Gasteiger partial charge in [0.15, 0.2) is 0 Å². The fourth-order valence-corrected chi connectivity index (χ4v) is 1.82. The number of phenols is 2. The highest BCUT2D eigenvalue weighted by atomic mass is 35.5. The summed E-state index contributed by atoms with van der Waals surface area (Å²) in [6.07, 6.45) is 0. The molecule has 0 heterocycles. The molecule has 0 radical (unpaired) electrons. The molecular weight excluding hydrogens is 298 g/mol. The molecule has 0 aromatic heterocycles.